The van der Waals surface area contributed by atoms with E-state index in [2.05, 4.69) is 15.7 Å². The summed E-state index contributed by atoms with van der Waals surface area (Å²) in [4.78, 5) is 38.8. The van der Waals surface area contributed by atoms with E-state index in [9.17, 15) is 14.4 Å². The smallest absolute Gasteiger partial charge is 0.279 e. The van der Waals surface area contributed by atoms with Gasteiger partial charge in [0.25, 0.3) is 11.5 Å². The van der Waals surface area contributed by atoms with Crippen molar-refractivity contribution >= 4 is 39.9 Å². The number of carbonyl (C=O) groups is 2. The van der Waals surface area contributed by atoms with Crippen molar-refractivity contribution < 1.29 is 23.8 Å². The van der Waals surface area contributed by atoms with Crippen LogP contribution in [-0.4, -0.2) is 49.5 Å². The van der Waals surface area contributed by atoms with Gasteiger partial charge in [-0.2, -0.15) is 9.78 Å². The molecule has 1 aromatic heterocycles. The highest BCUT2D eigenvalue weighted by atomic mass is 35.5. The summed E-state index contributed by atoms with van der Waals surface area (Å²) in [6, 6.07) is 16.2. The molecule has 2 amide bonds. The summed E-state index contributed by atoms with van der Waals surface area (Å²) in [5.41, 5.74) is 0.367. The van der Waals surface area contributed by atoms with E-state index in [1.54, 1.807) is 54.6 Å². The maximum Gasteiger partial charge on any atom is 0.279 e. The van der Waals surface area contributed by atoms with Gasteiger partial charge >= 0.3 is 0 Å². The Bertz CT molecular complexity index is 1550. The molecule has 0 aliphatic carbocycles. The van der Waals surface area contributed by atoms with Crippen molar-refractivity contribution in [2.45, 2.75) is 0 Å². The van der Waals surface area contributed by atoms with Gasteiger partial charge in [-0.1, -0.05) is 29.8 Å². The summed E-state index contributed by atoms with van der Waals surface area (Å²) in [6.07, 6.45) is 0. The Kier molecular flexibility index (Phi) is 7.59. The molecule has 0 spiro atoms. The molecule has 0 aliphatic heterocycles. The number of hydrogen-bond donors (Lipinski definition) is 2. The van der Waals surface area contributed by atoms with Crippen LogP contribution in [0.5, 0.6) is 17.2 Å². The van der Waals surface area contributed by atoms with Crippen LogP contribution in [0.1, 0.15) is 10.5 Å². The fourth-order valence-corrected chi connectivity index (χ4v) is 3.94. The summed E-state index contributed by atoms with van der Waals surface area (Å²) in [5.74, 6) is 0.223. The van der Waals surface area contributed by atoms with Crippen molar-refractivity contribution in [1.29, 1.82) is 0 Å². The molecule has 4 rings (SSSR count). The van der Waals surface area contributed by atoms with Crippen LogP contribution >= 0.6 is 11.6 Å². The van der Waals surface area contributed by atoms with E-state index in [1.807, 2.05) is 0 Å². The lowest BCUT2D eigenvalue weighted by Gasteiger charge is -2.13. The third-order valence-electron chi connectivity index (χ3n) is 5.48. The third-order valence-corrected chi connectivity index (χ3v) is 5.77. The average molecular weight is 523 g/mol. The summed E-state index contributed by atoms with van der Waals surface area (Å²) in [6.45, 7) is -0.339. The molecule has 1 heterocycles. The predicted octanol–water partition coefficient (Wildman–Crippen LogP) is 3.43. The molecular weight excluding hydrogens is 500 g/mol. The normalized spacial score (nSPS) is 10.6. The predicted molar refractivity (Wildman–Crippen MR) is 139 cm³/mol. The summed E-state index contributed by atoms with van der Waals surface area (Å²) < 4.78 is 16.8. The SMILES string of the molecule is COc1ccc(NC(=O)CNC(=O)c2nn(-c3ccc(OC)c(OC)c3)c(=O)c3ccccc23)cc1Cl. The monoisotopic (exact) mass is 522 g/mol. The first-order chi connectivity index (χ1) is 17.9. The van der Waals surface area contributed by atoms with Gasteiger partial charge in [-0.15, -0.1) is 0 Å². The number of rotatable bonds is 8. The Morgan fingerprint density at radius 1 is 0.892 bits per heavy atom. The highest BCUT2D eigenvalue weighted by Gasteiger charge is 2.19. The summed E-state index contributed by atoms with van der Waals surface area (Å²) in [5, 5.41) is 10.5. The molecule has 0 radical (unpaired) electrons. The van der Waals surface area contributed by atoms with E-state index in [0.29, 0.717) is 39.0 Å². The molecular formula is C26H23ClN4O6. The number of nitrogens with one attached hydrogen (secondary N) is 2. The van der Waals surface area contributed by atoms with E-state index in [1.165, 1.54) is 27.4 Å². The number of aromatic nitrogens is 2. The van der Waals surface area contributed by atoms with Crippen molar-refractivity contribution in [1.82, 2.24) is 15.1 Å². The van der Waals surface area contributed by atoms with Crippen LogP contribution in [0.4, 0.5) is 5.69 Å². The number of methoxy groups -OCH3 is 3. The van der Waals surface area contributed by atoms with E-state index in [-0.39, 0.29) is 17.6 Å². The molecule has 11 heteroatoms. The van der Waals surface area contributed by atoms with Crippen molar-refractivity contribution in [3.63, 3.8) is 0 Å². The van der Waals surface area contributed by atoms with Gasteiger partial charge in [0.2, 0.25) is 5.91 Å². The Labute approximate surface area is 216 Å². The molecule has 4 aromatic rings. The van der Waals surface area contributed by atoms with Crippen LogP contribution in [0.3, 0.4) is 0 Å². The van der Waals surface area contributed by atoms with Gasteiger partial charge in [0, 0.05) is 17.1 Å². The second-order valence-corrected chi connectivity index (χ2v) is 8.14. The molecule has 37 heavy (non-hydrogen) atoms. The van der Waals surface area contributed by atoms with Crippen LogP contribution in [0.15, 0.2) is 65.5 Å². The number of fused-ring (bicyclic) bond motifs is 1. The molecule has 0 saturated carbocycles. The minimum atomic E-state index is -0.631. The van der Waals surface area contributed by atoms with Gasteiger partial charge in [0.1, 0.15) is 5.75 Å². The molecule has 0 fully saturated rings. The minimum Gasteiger partial charge on any atom is -0.495 e. The van der Waals surface area contributed by atoms with E-state index < -0.39 is 17.4 Å². The Hall–Kier alpha value is -4.57. The van der Waals surface area contributed by atoms with Crippen LogP contribution in [0.2, 0.25) is 5.02 Å². The molecule has 0 saturated heterocycles. The van der Waals surface area contributed by atoms with Gasteiger partial charge in [0.05, 0.1) is 44.0 Å². The van der Waals surface area contributed by atoms with E-state index in [0.717, 1.165) is 4.68 Å². The molecule has 10 nitrogen and oxygen atoms in total. The number of ether oxygens (including phenoxy) is 3. The quantitative estimate of drug-likeness (QED) is 0.363. The van der Waals surface area contributed by atoms with E-state index >= 15 is 0 Å². The van der Waals surface area contributed by atoms with Crippen molar-refractivity contribution in [3.8, 4) is 22.9 Å². The second kappa shape index (κ2) is 11.0. The Morgan fingerprint density at radius 2 is 1.57 bits per heavy atom. The van der Waals surface area contributed by atoms with Gasteiger partial charge in [-0.05, 0) is 36.4 Å². The number of amides is 2. The molecule has 0 atom stereocenters. The van der Waals surface area contributed by atoms with Gasteiger partial charge in [0.15, 0.2) is 17.2 Å². The molecule has 190 valence electrons. The highest BCUT2D eigenvalue weighted by Crippen LogP contribution is 2.29. The maximum atomic E-state index is 13.2. The zero-order valence-corrected chi connectivity index (χ0v) is 21.0. The van der Waals surface area contributed by atoms with Crippen LogP contribution in [0.25, 0.3) is 16.5 Å². The number of halogens is 1. The number of benzene rings is 3. The van der Waals surface area contributed by atoms with E-state index in [4.69, 9.17) is 25.8 Å². The summed E-state index contributed by atoms with van der Waals surface area (Å²) in [7, 11) is 4.46. The van der Waals surface area contributed by atoms with Crippen molar-refractivity contribution in [3.05, 3.63) is 81.7 Å². The Morgan fingerprint density at radius 3 is 2.24 bits per heavy atom. The standard InChI is InChI=1S/C26H23ClN4O6/c1-35-20-10-8-15(12-19(20)27)29-23(32)14-28-25(33)24-17-6-4-5-7-18(17)26(34)31(30-24)16-9-11-21(36-2)22(13-16)37-3/h4-13H,14H2,1-3H3,(H,28,33)(H,29,32). The lowest BCUT2D eigenvalue weighted by Crippen LogP contribution is -2.35. The fourth-order valence-electron chi connectivity index (χ4n) is 3.68. The Balaban J connectivity index is 1.62. The number of carbonyl (C=O) groups excluding carboxylic acids is 2. The topological polar surface area (TPSA) is 121 Å². The molecule has 2 N–H and O–H groups in total. The number of hydrogen-bond acceptors (Lipinski definition) is 7. The molecule has 0 unspecified atom stereocenters. The molecule has 0 bridgehead atoms. The van der Waals surface area contributed by atoms with Crippen LogP contribution in [-0.2, 0) is 4.79 Å². The zero-order chi connectivity index (χ0) is 26.5. The first-order valence-electron chi connectivity index (χ1n) is 11.0. The lowest BCUT2D eigenvalue weighted by atomic mass is 10.1. The first kappa shape index (κ1) is 25.5. The van der Waals surface area contributed by atoms with Crippen LogP contribution in [0, 0.1) is 0 Å². The van der Waals surface area contributed by atoms with Gasteiger partial charge in [-0.25, -0.2) is 0 Å². The lowest BCUT2D eigenvalue weighted by molar-refractivity contribution is -0.115. The van der Waals surface area contributed by atoms with Gasteiger partial charge < -0.3 is 24.8 Å². The number of anilines is 1. The molecule has 3 aromatic carbocycles. The largest absolute Gasteiger partial charge is 0.495 e. The minimum absolute atomic E-state index is 0.0229. The first-order valence-corrected chi connectivity index (χ1v) is 11.4. The van der Waals surface area contributed by atoms with Crippen molar-refractivity contribution in [2.75, 3.05) is 33.2 Å². The zero-order valence-electron chi connectivity index (χ0n) is 20.2. The fraction of sp³-hybridized carbons (Fsp3) is 0.154. The van der Waals surface area contributed by atoms with Crippen LogP contribution < -0.4 is 30.4 Å². The highest BCUT2D eigenvalue weighted by molar-refractivity contribution is 6.32. The average Bonchev–Trinajstić information content (AvgIpc) is 2.92. The molecule has 0 aliphatic rings. The maximum absolute atomic E-state index is 13.2. The summed E-state index contributed by atoms with van der Waals surface area (Å²) >= 11 is 6.09. The number of nitrogens with zero attached hydrogens (tertiary/aromatic N) is 2. The second-order valence-electron chi connectivity index (χ2n) is 7.73. The van der Waals surface area contributed by atoms with Crippen molar-refractivity contribution in [2.24, 2.45) is 0 Å². The van der Waals surface area contributed by atoms with Gasteiger partial charge in [-0.3, -0.25) is 14.4 Å². The third kappa shape index (κ3) is 5.34.